The van der Waals surface area contributed by atoms with E-state index in [0.29, 0.717) is 12.5 Å². The summed E-state index contributed by atoms with van der Waals surface area (Å²) in [6.07, 6.45) is 7.69. The molecule has 0 aromatic carbocycles. The summed E-state index contributed by atoms with van der Waals surface area (Å²) >= 11 is 0. The lowest BCUT2D eigenvalue weighted by atomic mass is 9.72. The fourth-order valence-electron chi connectivity index (χ4n) is 2.85. The van der Waals surface area contributed by atoms with Crippen molar-refractivity contribution >= 4 is 5.97 Å². The number of unbranched alkanes of at least 4 members (excludes halogenated alkanes) is 1. The van der Waals surface area contributed by atoms with Gasteiger partial charge in [0.2, 0.25) is 0 Å². The zero-order chi connectivity index (χ0) is 18.1. The molecule has 0 aliphatic rings. The molecular weight excluding hydrogens is 284 g/mol. The minimum Gasteiger partial charge on any atom is -0.465 e. The number of hydrogen-bond donors (Lipinski definition) is 0. The highest BCUT2D eigenvalue weighted by Crippen LogP contribution is 2.37. The number of carbonyl (C=O) groups is 1. The second kappa shape index (κ2) is 10.4. The quantitative estimate of drug-likeness (QED) is 0.398. The summed E-state index contributed by atoms with van der Waals surface area (Å²) in [4.78, 5) is 12.7. The zero-order valence-corrected chi connectivity index (χ0v) is 17.1. The van der Waals surface area contributed by atoms with Crippen LogP contribution in [0.1, 0.15) is 100 Å². The molecule has 0 bridgehead atoms. The van der Waals surface area contributed by atoms with Crippen molar-refractivity contribution in [1.29, 1.82) is 0 Å². The fraction of sp³-hybridized carbons (Fsp3) is 0.952. The van der Waals surface area contributed by atoms with Crippen LogP contribution in [0.4, 0.5) is 0 Å². The first-order valence-corrected chi connectivity index (χ1v) is 9.74. The van der Waals surface area contributed by atoms with Crippen LogP contribution in [0.5, 0.6) is 0 Å². The van der Waals surface area contributed by atoms with E-state index in [0.717, 1.165) is 25.7 Å². The minimum atomic E-state index is 0.00740. The first-order chi connectivity index (χ1) is 10.6. The molecular formula is C21H42O2. The molecule has 0 spiro atoms. The Labute approximate surface area is 145 Å². The van der Waals surface area contributed by atoms with E-state index in [9.17, 15) is 4.79 Å². The predicted molar refractivity (Wildman–Crippen MR) is 101 cm³/mol. The molecule has 23 heavy (non-hydrogen) atoms. The Balaban J connectivity index is 4.73. The SMILES string of the molecule is CCCCC(CC)COC(=O)C(CCC(C)(C)C)C(C)(C)CC. The molecule has 0 saturated heterocycles. The third-order valence-corrected chi connectivity index (χ3v) is 5.33. The van der Waals surface area contributed by atoms with Gasteiger partial charge in [0, 0.05) is 0 Å². The molecule has 2 heteroatoms. The number of hydrogen-bond acceptors (Lipinski definition) is 2. The maximum Gasteiger partial charge on any atom is 0.309 e. The van der Waals surface area contributed by atoms with Crippen LogP contribution >= 0.6 is 0 Å². The van der Waals surface area contributed by atoms with Crippen LogP contribution < -0.4 is 0 Å². The van der Waals surface area contributed by atoms with Gasteiger partial charge in [0.25, 0.3) is 0 Å². The molecule has 0 aromatic heterocycles. The van der Waals surface area contributed by atoms with Gasteiger partial charge < -0.3 is 4.74 Å². The lowest BCUT2D eigenvalue weighted by Crippen LogP contribution is -2.34. The van der Waals surface area contributed by atoms with Gasteiger partial charge in [0.05, 0.1) is 12.5 Å². The van der Waals surface area contributed by atoms with Crippen molar-refractivity contribution in [2.75, 3.05) is 6.61 Å². The lowest BCUT2D eigenvalue weighted by Gasteiger charge is -2.34. The summed E-state index contributed by atoms with van der Waals surface area (Å²) < 4.78 is 5.77. The summed E-state index contributed by atoms with van der Waals surface area (Å²) in [5, 5.41) is 0. The Morgan fingerprint density at radius 1 is 1.00 bits per heavy atom. The van der Waals surface area contributed by atoms with E-state index in [-0.39, 0.29) is 22.7 Å². The molecule has 0 amide bonds. The average molecular weight is 327 g/mol. The third kappa shape index (κ3) is 9.37. The molecule has 0 heterocycles. The smallest absolute Gasteiger partial charge is 0.309 e. The highest BCUT2D eigenvalue weighted by molar-refractivity contribution is 5.73. The van der Waals surface area contributed by atoms with Crippen molar-refractivity contribution in [3.63, 3.8) is 0 Å². The van der Waals surface area contributed by atoms with E-state index in [4.69, 9.17) is 4.74 Å². The van der Waals surface area contributed by atoms with Gasteiger partial charge in [0.1, 0.15) is 0 Å². The first kappa shape index (κ1) is 22.5. The van der Waals surface area contributed by atoms with Gasteiger partial charge in [-0.1, -0.05) is 81.1 Å². The Hall–Kier alpha value is -0.530. The van der Waals surface area contributed by atoms with Crippen LogP contribution in [0.2, 0.25) is 0 Å². The van der Waals surface area contributed by atoms with E-state index in [1.54, 1.807) is 0 Å². The van der Waals surface area contributed by atoms with E-state index in [2.05, 4.69) is 55.4 Å². The van der Waals surface area contributed by atoms with E-state index in [1.807, 2.05) is 0 Å². The predicted octanol–water partition coefficient (Wildman–Crippen LogP) is 6.62. The van der Waals surface area contributed by atoms with Gasteiger partial charge in [-0.2, -0.15) is 0 Å². The normalized spacial score (nSPS) is 15.3. The van der Waals surface area contributed by atoms with Crippen LogP contribution in [0, 0.1) is 22.7 Å². The Morgan fingerprint density at radius 3 is 2.04 bits per heavy atom. The van der Waals surface area contributed by atoms with Gasteiger partial charge >= 0.3 is 5.97 Å². The molecule has 0 fully saturated rings. The third-order valence-electron chi connectivity index (χ3n) is 5.33. The van der Waals surface area contributed by atoms with Crippen molar-refractivity contribution in [2.24, 2.45) is 22.7 Å². The van der Waals surface area contributed by atoms with Crippen LogP contribution in [0.15, 0.2) is 0 Å². The second-order valence-corrected chi connectivity index (χ2v) is 9.04. The maximum atomic E-state index is 12.7. The van der Waals surface area contributed by atoms with Crippen molar-refractivity contribution < 1.29 is 9.53 Å². The molecule has 0 aliphatic carbocycles. The van der Waals surface area contributed by atoms with Crippen LogP contribution in [0.25, 0.3) is 0 Å². The lowest BCUT2D eigenvalue weighted by molar-refractivity contribution is -0.155. The fourth-order valence-corrected chi connectivity index (χ4v) is 2.85. The standard InChI is InChI=1S/C21H42O2/c1-9-12-13-17(10-2)16-23-19(22)18(21(7,8)11-3)14-15-20(4,5)6/h17-18H,9-16H2,1-8H3. The molecule has 0 saturated carbocycles. The first-order valence-electron chi connectivity index (χ1n) is 9.74. The van der Waals surface area contributed by atoms with Crippen molar-refractivity contribution in [2.45, 2.75) is 100 Å². The van der Waals surface area contributed by atoms with Gasteiger partial charge in [0.15, 0.2) is 0 Å². The molecule has 2 nitrogen and oxygen atoms in total. The van der Waals surface area contributed by atoms with E-state index >= 15 is 0 Å². The minimum absolute atomic E-state index is 0.00740. The summed E-state index contributed by atoms with van der Waals surface area (Å²) in [6.45, 7) is 18.3. The number of carbonyl (C=O) groups excluding carboxylic acids is 1. The maximum absolute atomic E-state index is 12.7. The zero-order valence-electron chi connectivity index (χ0n) is 17.1. The molecule has 138 valence electrons. The molecule has 0 rings (SSSR count). The van der Waals surface area contributed by atoms with Gasteiger partial charge in [-0.3, -0.25) is 4.79 Å². The van der Waals surface area contributed by atoms with E-state index < -0.39 is 0 Å². The molecule has 2 unspecified atom stereocenters. The van der Waals surface area contributed by atoms with Crippen molar-refractivity contribution in [3.05, 3.63) is 0 Å². The number of esters is 1. The summed E-state index contributed by atoms with van der Waals surface area (Å²) in [6, 6.07) is 0. The van der Waals surface area contributed by atoms with Crippen LogP contribution in [-0.2, 0) is 9.53 Å². The van der Waals surface area contributed by atoms with Crippen molar-refractivity contribution in [1.82, 2.24) is 0 Å². The molecule has 0 aliphatic heterocycles. The Morgan fingerprint density at radius 2 is 1.61 bits per heavy atom. The molecule has 0 N–H and O–H groups in total. The van der Waals surface area contributed by atoms with Crippen molar-refractivity contribution in [3.8, 4) is 0 Å². The Kier molecular flexibility index (Phi) is 10.1. The summed E-state index contributed by atoms with van der Waals surface area (Å²) in [5.41, 5.74) is 0.267. The molecule has 2 atom stereocenters. The monoisotopic (exact) mass is 326 g/mol. The highest BCUT2D eigenvalue weighted by Gasteiger charge is 2.35. The second-order valence-electron chi connectivity index (χ2n) is 9.04. The van der Waals surface area contributed by atoms with E-state index in [1.165, 1.54) is 19.3 Å². The molecule has 0 radical (unpaired) electrons. The highest BCUT2D eigenvalue weighted by atomic mass is 16.5. The van der Waals surface area contributed by atoms with Crippen LogP contribution in [-0.4, -0.2) is 12.6 Å². The Bertz CT molecular complexity index is 325. The molecule has 0 aromatic rings. The summed E-state index contributed by atoms with van der Waals surface area (Å²) in [7, 11) is 0. The van der Waals surface area contributed by atoms with Gasteiger partial charge in [-0.15, -0.1) is 0 Å². The number of rotatable bonds is 11. The largest absolute Gasteiger partial charge is 0.465 e. The van der Waals surface area contributed by atoms with Gasteiger partial charge in [-0.05, 0) is 36.0 Å². The topological polar surface area (TPSA) is 26.3 Å². The number of ether oxygens (including phenoxy) is 1. The van der Waals surface area contributed by atoms with Gasteiger partial charge in [-0.25, -0.2) is 0 Å². The van der Waals surface area contributed by atoms with Crippen LogP contribution in [0.3, 0.4) is 0 Å². The summed E-state index contributed by atoms with van der Waals surface area (Å²) in [5.74, 6) is 0.554. The average Bonchev–Trinajstić information content (AvgIpc) is 2.46.